The average molecular weight is 619 g/mol. The van der Waals surface area contributed by atoms with Gasteiger partial charge in [0.15, 0.2) is 5.65 Å². The minimum absolute atomic E-state index is 0.0729. The number of carbonyl (C=O) groups is 2. The Labute approximate surface area is 267 Å². The predicted molar refractivity (Wildman–Crippen MR) is 173 cm³/mol. The van der Waals surface area contributed by atoms with Gasteiger partial charge in [0.25, 0.3) is 0 Å². The molecule has 11 nitrogen and oxygen atoms in total. The van der Waals surface area contributed by atoms with Crippen LogP contribution in [0.1, 0.15) is 70.9 Å². The van der Waals surface area contributed by atoms with E-state index in [-0.39, 0.29) is 23.9 Å². The molecular weight excluding hydrogens is 580 g/mol. The topological polar surface area (TPSA) is 122 Å². The second-order valence-corrected chi connectivity index (χ2v) is 13.8. The van der Waals surface area contributed by atoms with E-state index in [1.165, 1.54) is 0 Å². The standard InChI is InChI=1S/C35H38N8O3/c1-35(2,3)46-34(45)41-17-5-8-29(41)33(44)42-23-9-10-24(42)19-22(18-23)28-13-16-37-32-30(25-6-4-7-27-26(25)20-38-39-27)31(40-43(28)32)21-11-14-36-15-12-21/h4,6-7,11-16,20,22-24,29H,5,8-10,17-19H2,1-3H3,(H,38,39)/t22?,23?,24?,29-/m0/s1. The summed E-state index contributed by atoms with van der Waals surface area (Å²) in [7, 11) is 0. The minimum Gasteiger partial charge on any atom is -0.444 e. The van der Waals surface area contributed by atoms with Gasteiger partial charge in [-0.1, -0.05) is 12.1 Å². The molecule has 7 heterocycles. The van der Waals surface area contributed by atoms with Crippen molar-refractivity contribution >= 4 is 28.6 Å². The SMILES string of the molecule is CC(C)(C)OC(=O)N1CCC[C@H]1C(=O)N1C2CCC1CC(c1ccnc3c(-c4cccc5[nH]ncc45)c(-c4ccncc4)nn13)C2. The Kier molecular flexibility index (Phi) is 6.81. The number of nitrogens with one attached hydrogen (secondary N) is 1. The lowest BCUT2D eigenvalue weighted by atomic mass is 9.87. The van der Waals surface area contributed by atoms with E-state index in [1.54, 1.807) is 17.3 Å². The van der Waals surface area contributed by atoms with E-state index in [1.807, 2.05) is 61.9 Å². The van der Waals surface area contributed by atoms with Crippen LogP contribution in [0, 0.1) is 0 Å². The van der Waals surface area contributed by atoms with Gasteiger partial charge in [-0.2, -0.15) is 10.2 Å². The molecule has 11 heteroatoms. The summed E-state index contributed by atoms with van der Waals surface area (Å²) in [4.78, 5) is 40.0. The molecule has 5 aromatic rings. The highest BCUT2D eigenvalue weighted by atomic mass is 16.6. The van der Waals surface area contributed by atoms with E-state index in [0.717, 1.165) is 76.7 Å². The number of carbonyl (C=O) groups excluding carboxylic acids is 2. The smallest absolute Gasteiger partial charge is 0.410 e. The van der Waals surface area contributed by atoms with Gasteiger partial charge in [-0.05, 0) is 89.1 Å². The highest BCUT2D eigenvalue weighted by Gasteiger charge is 2.48. The highest BCUT2D eigenvalue weighted by Crippen LogP contribution is 2.45. The largest absolute Gasteiger partial charge is 0.444 e. The number of fused-ring (bicyclic) bond motifs is 4. The number of benzene rings is 1. The van der Waals surface area contributed by atoms with Gasteiger partial charge < -0.3 is 9.64 Å². The molecule has 2 amide bonds. The second-order valence-electron chi connectivity index (χ2n) is 13.8. The molecular formula is C35H38N8O3. The molecule has 1 N–H and O–H groups in total. The van der Waals surface area contributed by atoms with Crippen molar-refractivity contribution in [3.8, 4) is 22.4 Å². The van der Waals surface area contributed by atoms with Gasteiger partial charge in [0.05, 0.1) is 17.3 Å². The van der Waals surface area contributed by atoms with Crippen LogP contribution in [0.25, 0.3) is 38.9 Å². The van der Waals surface area contributed by atoms with E-state index < -0.39 is 17.7 Å². The maximum absolute atomic E-state index is 14.1. The molecule has 2 unspecified atom stereocenters. The Bertz CT molecular complexity index is 1930. The summed E-state index contributed by atoms with van der Waals surface area (Å²) in [5.41, 5.74) is 6.03. The summed E-state index contributed by atoms with van der Waals surface area (Å²) in [6, 6.07) is 12.0. The lowest BCUT2D eigenvalue weighted by Crippen LogP contribution is -2.54. The van der Waals surface area contributed by atoms with Crippen LogP contribution < -0.4 is 0 Å². The first-order valence-corrected chi connectivity index (χ1v) is 16.3. The molecule has 3 aliphatic heterocycles. The number of nitrogens with zero attached hydrogens (tertiary/aromatic N) is 7. The van der Waals surface area contributed by atoms with E-state index in [9.17, 15) is 9.59 Å². The van der Waals surface area contributed by atoms with Crippen molar-refractivity contribution in [3.05, 3.63) is 66.9 Å². The number of aromatic nitrogens is 6. The van der Waals surface area contributed by atoms with E-state index in [4.69, 9.17) is 14.8 Å². The van der Waals surface area contributed by atoms with Crippen molar-refractivity contribution in [2.45, 2.75) is 88.9 Å². The molecule has 0 spiro atoms. The summed E-state index contributed by atoms with van der Waals surface area (Å²) >= 11 is 0. The first-order chi connectivity index (χ1) is 22.3. The Hall–Kier alpha value is -4.80. The maximum Gasteiger partial charge on any atom is 0.410 e. The molecule has 8 rings (SSSR count). The van der Waals surface area contributed by atoms with Crippen LogP contribution in [0.15, 0.2) is 61.2 Å². The van der Waals surface area contributed by atoms with Gasteiger partial charge in [-0.25, -0.2) is 14.3 Å². The lowest BCUT2D eigenvalue weighted by Gasteiger charge is -2.41. The quantitative estimate of drug-likeness (QED) is 0.263. The molecule has 0 radical (unpaired) electrons. The molecule has 3 saturated heterocycles. The Morgan fingerprint density at radius 1 is 0.978 bits per heavy atom. The van der Waals surface area contributed by atoms with E-state index >= 15 is 0 Å². The molecule has 0 saturated carbocycles. The van der Waals surface area contributed by atoms with Gasteiger partial charge in [0.1, 0.15) is 17.3 Å². The van der Waals surface area contributed by atoms with Crippen LogP contribution in [-0.2, 0) is 9.53 Å². The van der Waals surface area contributed by atoms with Crippen molar-refractivity contribution < 1.29 is 14.3 Å². The zero-order valence-electron chi connectivity index (χ0n) is 26.4. The van der Waals surface area contributed by atoms with Crippen molar-refractivity contribution in [1.29, 1.82) is 0 Å². The number of piperidine rings is 1. The normalized spacial score (nSPS) is 23.0. The zero-order chi connectivity index (χ0) is 31.6. The number of amides is 2. The van der Waals surface area contributed by atoms with Gasteiger partial charge in [-0.15, -0.1) is 0 Å². The maximum atomic E-state index is 14.1. The number of hydrogen-bond acceptors (Lipinski definition) is 7. The molecule has 1 aromatic carbocycles. The Morgan fingerprint density at radius 3 is 2.52 bits per heavy atom. The molecule has 46 heavy (non-hydrogen) atoms. The summed E-state index contributed by atoms with van der Waals surface area (Å²) in [6.07, 6.45) is 12.0. The van der Waals surface area contributed by atoms with Gasteiger partial charge >= 0.3 is 6.09 Å². The predicted octanol–water partition coefficient (Wildman–Crippen LogP) is 5.97. The summed E-state index contributed by atoms with van der Waals surface area (Å²) < 4.78 is 7.68. The lowest BCUT2D eigenvalue weighted by molar-refractivity contribution is -0.140. The summed E-state index contributed by atoms with van der Waals surface area (Å²) in [5.74, 6) is 0.282. The third-order valence-electron chi connectivity index (χ3n) is 9.83. The molecule has 2 bridgehead atoms. The zero-order valence-corrected chi connectivity index (χ0v) is 26.4. The number of H-pyrrole nitrogens is 1. The van der Waals surface area contributed by atoms with Gasteiger partial charge in [0, 0.05) is 59.8 Å². The minimum atomic E-state index is -0.602. The first kappa shape index (κ1) is 28.7. The summed E-state index contributed by atoms with van der Waals surface area (Å²) in [5, 5.41) is 13.6. The first-order valence-electron chi connectivity index (χ1n) is 16.3. The highest BCUT2D eigenvalue weighted by molar-refractivity contribution is 6.02. The van der Waals surface area contributed by atoms with Crippen molar-refractivity contribution in [3.63, 3.8) is 0 Å². The molecule has 3 fully saturated rings. The monoisotopic (exact) mass is 618 g/mol. The fourth-order valence-corrected chi connectivity index (χ4v) is 7.93. The third kappa shape index (κ3) is 4.80. The van der Waals surface area contributed by atoms with E-state index in [2.05, 4.69) is 32.2 Å². The average Bonchev–Trinajstić information content (AvgIpc) is 3.84. The molecule has 3 aliphatic rings. The number of rotatable bonds is 4. The Balaban J connectivity index is 1.13. The number of hydrogen-bond donors (Lipinski definition) is 1. The fourth-order valence-electron chi connectivity index (χ4n) is 7.93. The van der Waals surface area contributed by atoms with Crippen molar-refractivity contribution in [2.75, 3.05) is 6.54 Å². The number of ether oxygens (including phenoxy) is 1. The molecule has 4 aromatic heterocycles. The second kappa shape index (κ2) is 10.9. The fraction of sp³-hybridized carbons (Fsp3) is 0.429. The summed E-state index contributed by atoms with van der Waals surface area (Å²) in [6.45, 7) is 6.14. The van der Waals surface area contributed by atoms with Crippen LogP contribution in [0.4, 0.5) is 4.79 Å². The van der Waals surface area contributed by atoms with Crippen molar-refractivity contribution in [2.24, 2.45) is 0 Å². The van der Waals surface area contributed by atoms with Crippen LogP contribution in [0.3, 0.4) is 0 Å². The third-order valence-corrected chi connectivity index (χ3v) is 9.83. The van der Waals surface area contributed by atoms with Crippen LogP contribution >= 0.6 is 0 Å². The van der Waals surface area contributed by atoms with Crippen LogP contribution in [0.5, 0.6) is 0 Å². The van der Waals surface area contributed by atoms with Crippen molar-refractivity contribution in [1.82, 2.24) is 39.6 Å². The number of pyridine rings is 1. The van der Waals surface area contributed by atoms with Crippen LogP contribution in [-0.4, -0.2) is 81.9 Å². The number of aromatic amines is 1. The molecule has 0 aliphatic carbocycles. The van der Waals surface area contributed by atoms with E-state index in [0.29, 0.717) is 13.0 Å². The van der Waals surface area contributed by atoms with Gasteiger partial charge in [-0.3, -0.25) is 19.8 Å². The number of likely N-dealkylation sites (tertiary alicyclic amines) is 1. The Morgan fingerprint density at radius 2 is 1.76 bits per heavy atom. The molecule has 3 atom stereocenters. The van der Waals surface area contributed by atoms with Gasteiger partial charge in [0.2, 0.25) is 5.91 Å². The molecule has 236 valence electrons. The van der Waals surface area contributed by atoms with Crippen LogP contribution in [0.2, 0.25) is 0 Å².